The van der Waals surface area contributed by atoms with Gasteiger partial charge in [-0.15, -0.1) is 0 Å². The van der Waals surface area contributed by atoms with E-state index in [9.17, 15) is 39.0 Å². The summed E-state index contributed by atoms with van der Waals surface area (Å²) in [6, 6.07) is 5.07. The molecule has 1 aromatic rings. The van der Waals surface area contributed by atoms with E-state index in [1.807, 2.05) is 30.3 Å². The van der Waals surface area contributed by atoms with Crippen molar-refractivity contribution >= 4 is 40.6 Å². The van der Waals surface area contributed by atoms with E-state index >= 15 is 0 Å². The van der Waals surface area contributed by atoms with Gasteiger partial charge in [0.25, 0.3) is 0 Å². The second-order valence-corrected chi connectivity index (χ2v) is 14.0. The number of allylic oxidation sites excluding steroid dienone is 1. The van der Waals surface area contributed by atoms with Gasteiger partial charge in [-0.2, -0.15) is 0 Å². The topological polar surface area (TPSA) is 205 Å². The fourth-order valence-corrected chi connectivity index (χ4v) is 6.12. The van der Waals surface area contributed by atoms with Crippen LogP contribution in [0.4, 0.5) is 0 Å². The van der Waals surface area contributed by atoms with E-state index in [-0.39, 0.29) is 36.9 Å². The Hall–Kier alpha value is -3.74. The molecule has 0 spiro atoms. The number of nitrogens with two attached hydrogens (primary N) is 1. The molecule has 0 fully saturated rings. The molecule has 6 atom stereocenters. The maximum atomic E-state index is 13.7. The van der Waals surface area contributed by atoms with E-state index < -0.39 is 78.4 Å². The van der Waals surface area contributed by atoms with Crippen molar-refractivity contribution in [1.29, 1.82) is 0 Å². The zero-order valence-electron chi connectivity index (χ0n) is 30.5. The van der Waals surface area contributed by atoms with Gasteiger partial charge in [-0.05, 0) is 61.8 Å². The third kappa shape index (κ3) is 12.5. The molecule has 2 rings (SSSR count). The highest BCUT2D eigenvalue weighted by molar-refractivity contribution is 5.97. The molecule has 0 heterocycles. The number of Topliss-reactive ketones (excluding diaryl/α,β-unsaturated/α-hetero) is 3. The SMILES string of the molecule is CCC(=O)N[C@@H](CCCCN)C(=O)C[C@@H](CO)C(=O)N[C@H](C(=O)C[C@H](C(=O)N[C@@H](CC1=CCc2ccccc21)C(=O)C(C)C)[C@@H](C)O)C(C)C. The van der Waals surface area contributed by atoms with Crippen LogP contribution in [-0.2, 0) is 35.2 Å². The number of ketones is 3. The molecule has 7 N–H and O–H groups in total. The van der Waals surface area contributed by atoms with Crippen LogP contribution >= 0.6 is 0 Å². The van der Waals surface area contributed by atoms with Gasteiger partial charge in [-0.1, -0.05) is 65.0 Å². The van der Waals surface area contributed by atoms with E-state index in [0.29, 0.717) is 25.8 Å². The van der Waals surface area contributed by atoms with Crippen molar-refractivity contribution < 1.29 is 39.0 Å². The minimum Gasteiger partial charge on any atom is -0.396 e. The molecule has 278 valence electrons. The first-order valence-corrected chi connectivity index (χ1v) is 17.9. The van der Waals surface area contributed by atoms with E-state index in [4.69, 9.17) is 5.73 Å². The molecule has 0 bridgehead atoms. The number of unbranched alkanes of at least 4 members (excludes halogenated alkanes) is 1. The van der Waals surface area contributed by atoms with Gasteiger partial charge in [0, 0.05) is 31.6 Å². The molecule has 1 aliphatic rings. The first kappa shape index (κ1) is 42.4. The Kier molecular flexibility index (Phi) is 17.7. The molecule has 1 aliphatic carbocycles. The standard InChI is InChI=1S/C38H58N4O8/c1-7-34(47)40-30(14-10-11-17-39)32(45)19-27(21-43)37(49)42-35(22(2)3)33(46)20-29(24(6)44)38(50)41-31(36(48)23(4)5)18-26-16-15-25-12-8-9-13-28(25)26/h8-9,12-13,16,22-24,27,29-31,35,43-44H,7,10-11,14-15,17-21,39H2,1-6H3,(H,40,47)(H,41,50)(H,42,49)/t24-,27+,29+,30+,31+,35+/m1/s1. The summed E-state index contributed by atoms with van der Waals surface area (Å²) in [4.78, 5) is 79.1. The molecule has 0 saturated heterocycles. The fraction of sp³-hybridized carbons (Fsp3) is 0.632. The summed E-state index contributed by atoms with van der Waals surface area (Å²) in [5.41, 5.74) is 8.67. The highest BCUT2D eigenvalue weighted by Crippen LogP contribution is 2.31. The normalized spacial score (nSPS) is 16.0. The highest BCUT2D eigenvalue weighted by Gasteiger charge is 2.36. The van der Waals surface area contributed by atoms with Gasteiger partial charge in [-0.25, -0.2) is 0 Å². The molecule has 1 aromatic carbocycles. The molecule has 0 aromatic heterocycles. The first-order valence-electron chi connectivity index (χ1n) is 17.9. The predicted octanol–water partition coefficient (Wildman–Crippen LogP) is 2.41. The quantitative estimate of drug-likeness (QED) is 0.0928. The number of carbonyl (C=O) groups is 6. The number of hydrogen-bond acceptors (Lipinski definition) is 9. The molecular weight excluding hydrogens is 640 g/mol. The van der Waals surface area contributed by atoms with Crippen LogP contribution in [0.5, 0.6) is 0 Å². The van der Waals surface area contributed by atoms with Crippen molar-refractivity contribution in [3.63, 3.8) is 0 Å². The molecule has 0 unspecified atom stereocenters. The van der Waals surface area contributed by atoms with Gasteiger partial charge < -0.3 is 31.9 Å². The number of carbonyl (C=O) groups excluding carboxylic acids is 6. The monoisotopic (exact) mass is 698 g/mol. The van der Waals surface area contributed by atoms with Gasteiger partial charge in [0.05, 0.1) is 42.7 Å². The van der Waals surface area contributed by atoms with E-state index in [1.54, 1.807) is 34.6 Å². The molecule has 0 aliphatic heterocycles. The second-order valence-electron chi connectivity index (χ2n) is 14.0. The number of aliphatic hydroxyl groups is 2. The smallest absolute Gasteiger partial charge is 0.226 e. The summed E-state index contributed by atoms with van der Waals surface area (Å²) in [7, 11) is 0. The van der Waals surface area contributed by atoms with Crippen LogP contribution < -0.4 is 21.7 Å². The minimum absolute atomic E-state index is 0.174. The van der Waals surface area contributed by atoms with Crippen molar-refractivity contribution in [2.45, 2.75) is 117 Å². The van der Waals surface area contributed by atoms with Crippen LogP contribution in [0.2, 0.25) is 0 Å². The second kappa shape index (κ2) is 20.8. The van der Waals surface area contributed by atoms with Gasteiger partial charge in [0.15, 0.2) is 17.3 Å². The van der Waals surface area contributed by atoms with E-state index in [2.05, 4.69) is 16.0 Å². The van der Waals surface area contributed by atoms with Crippen molar-refractivity contribution in [3.8, 4) is 0 Å². The zero-order valence-corrected chi connectivity index (χ0v) is 30.5. The lowest BCUT2D eigenvalue weighted by atomic mass is 9.87. The van der Waals surface area contributed by atoms with Crippen LogP contribution in [0.3, 0.4) is 0 Å². The number of aliphatic hydroxyl groups excluding tert-OH is 2. The predicted molar refractivity (Wildman–Crippen MR) is 191 cm³/mol. The molecule has 50 heavy (non-hydrogen) atoms. The van der Waals surface area contributed by atoms with Crippen molar-refractivity contribution in [2.75, 3.05) is 13.2 Å². The van der Waals surface area contributed by atoms with Crippen molar-refractivity contribution in [2.24, 2.45) is 29.4 Å². The molecule has 12 heteroatoms. The van der Waals surface area contributed by atoms with E-state index in [1.165, 1.54) is 6.92 Å². The van der Waals surface area contributed by atoms with Crippen LogP contribution in [0, 0.1) is 23.7 Å². The fourth-order valence-electron chi connectivity index (χ4n) is 6.12. The lowest BCUT2D eigenvalue weighted by molar-refractivity contribution is -0.138. The van der Waals surface area contributed by atoms with Crippen LogP contribution in [0.25, 0.3) is 5.57 Å². The van der Waals surface area contributed by atoms with Crippen LogP contribution in [0.15, 0.2) is 30.3 Å². The summed E-state index contributed by atoms with van der Waals surface area (Å²) in [5, 5.41) is 28.8. The number of fused-ring (bicyclic) bond motifs is 1. The Labute approximate surface area is 296 Å². The number of nitrogens with one attached hydrogen (secondary N) is 3. The number of rotatable bonds is 23. The highest BCUT2D eigenvalue weighted by atomic mass is 16.3. The average Bonchev–Trinajstić information content (AvgIpc) is 3.48. The summed E-state index contributed by atoms with van der Waals surface area (Å²) < 4.78 is 0. The molecule has 0 radical (unpaired) electrons. The maximum Gasteiger partial charge on any atom is 0.226 e. The lowest BCUT2D eigenvalue weighted by Gasteiger charge is -2.28. The van der Waals surface area contributed by atoms with Gasteiger partial charge in [0.2, 0.25) is 17.7 Å². The van der Waals surface area contributed by atoms with E-state index in [0.717, 1.165) is 23.1 Å². The Morgan fingerprint density at radius 2 is 1.54 bits per heavy atom. The third-order valence-corrected chi connectivity index (χ3v) is 9.27. The molecule has 3 amide bonds. The average molecular weight is 699 g/mol. The van der Waals surface area contributed by atoms with Crippen molar-refractivity contribution in [1.82, 2.24) is 16.0 Å². The first-order chi connectivity index (χ1) is 23.6. The Morgan fingerprint density at radius 3 is 2.12 bits per heavy atom. The molecule has 0 saturated carbocycles. The molecule has 12 nitrogen and oxygen atoms in total. The van der Waals surface area contributed by atoms with Crippen molar-refractivity contribution in [3.05, 3.63) is 41.5 Å². The Morgan fingerprint density at radius 1 is 0.860 bits per heavy atom. The van der Waals surface area contributed by atoms with Crippen LogP contribution in [-0.4, -0.2) is 82.7 Å². The minimum atomic E-state index is -1.25. The van der Waals surface area contributed by atoms with Crippen LogP contribution in [0.1, 0.15) is 97.6 Å². The largest absolute Gasteiger partial charge is 0.396 e. The lowest BCUT2D eigenvalue weighted by Crippen LogP contribution is -2.51. The van der Waals surface area contributed by atoms with Gasteiger partial charge in [-0.3, -0.25) is 28.8 Å². The zero-order chi connectivity index (χ0) is 37.5. The third-order valence-electron chi connectivity index (χ3n) is 9.27. The number of hydrogen-bond donors (Lipinski definition) is 6. The summed E-state index contributed by atoms with van der Waals surface area (Å²) in [6.45, 7) is 9.72. The number of benzene rings is 1. The number of amides is 3. The summed E-state index contributed by atoms with van der Waals surface area (Å²) in [6.07, 6.45) is 2.77. The molecular formula is C38H58N4O8. The summed E-state index contributed by atoms with van der Waals surface area (Å²) in [5.74, 6) is -6.00. The summed E-state index contributed by atoms with van der Waals surface area (Å²) >= 11 is 0. The Balaban J connectivity index is 2.17. The van der Waals surface area contributed by atoms with Gasteiger partial charge in [0.1, 0.15) is 0 Å². The van der Waals surface area contributed by atoms with Gasteiger partial charge >= 0.3 is 0 Å². The Bertz CT molecular complexity index is 1370. The maximum absolute atomic E-state index is 13.7.